The maximum atomic E-state index is 12.8. The fourth-order valence-electron chi connectivity index (χ4n) is 3.44. The molecule has 0 bridgehead atoms. The first kappa shape index (κ1) is 25.3. The van der Waals surface area contributed by atoms with Gasteiger partial charge in [-0.15, -0.1) is 24.0 Å². The first-order valence-electron chi connectivity index (χ1n) is 10.3. The van der Waals surface area contributed by atoms with Gasteiger partial charge < -0.3 is 15.4 Å². The third-order valence-electron chi connectivity index (χ3n) is 5.01. The van der Waals surface area contributed by atoms with Gasteiger partial charge in [0.15, 0.2) is 5.96 Å². The molecule has 0 amide bonds. The zero-order valence-electron chi connectivity index (χ0n) is 18.0. The van der Waals surface area contributed by atoms with Crippen molar-refractivity contribution in [3.05, 3.63) is 59.7 Å². The molecule has 0 fully saturated rings. The van der Waals surface area contributed by atoms with Crippen molar-refractivity contribution in [3.8, 4) is 5.75 Å². The predicted octanol–water partition coefficient (Wildman–Crippen LogP) is 2.80. The highest BCUT2D eigenvalue weighted by molar-refractivity contribution is 14.0. The summed E-state index contributed by atoms with van der Waals surface area (Å²) in [6, 6.07) is 15.6. The molecule has 0 radical (unpaired) electrons. The van der Waals surface area contributed by atoms with E-state index in [2.05, 4.69) is 15.6 Å². The van der Waals surface area contributed by atoms with Crippen molar-refractivity contribution in [2.45, 2.75) is 19.8 Å². The summed E-state index contributed by atoms with van der Waals surface area (Å²) in [7, 11) is -1.74. The molecule has 0 atom stereocenters. The molecule has 0 spiro atoms. The third kappa shape index (κ3) is 6.99. The standard InChI is InChI=1S/C22H30N4O3S.HI/c1-3-23-22(24-14-12-18-8-10-20(29-2)11-9-18)25-15-17-30(27,28)26-16-13-19-6-4-5-7-21(19)26;/h4-11H,3,12-17H2,1-2H3,(H2,23,24,25);1H. The minimum absolute atomic E-state index is 0. The van der Waals surface area contributed by atoms with Crippen LogP contribution in [0, 0.1) is 0 Å². The molecule has 0 aromatic heterocycles. The number of methoxy groups -OCH3 is 1. The van der Waals surface area contributed by atoms with E-state index in [0.29, 0.717) is 25.6 Å². The molecular formula is C22H31IN4O3S. The molecule has 170 valence electrons. The van der Waals surface area contributed by atoms with Crippen LogP contribution < -0.4 is 19.7 Å². The summed E-state index contributed by atoms with van der Waals surface area (Å²) in [6.45, 7) is 4.11. The van der Waals surface area contributed by atoms with Crippen molar-refractivity contribution in [1.82, 2.24) is 10.6 Å². The van der Waals surface area contributed by atoms with E-state index in [0.717, 1.165) is 29.8 Å². The van der Waals surface area contributed by atoms with Crippen molar-refractivity contribution in [1.29, 1.82) is 0 Å². The summed E-state index contributed by atoms with van der Waals surface area (Å²) in [6.07, 6.45) is 1.59. The Labute approximate surface area is 202 Å². The lowest BCUT2D eigenvalue weighted by molar-refractivity contribution is 0.414. The molecule has 1 aliphatic heterocycles. The molecule has 2 aromatic carbocycles. The number of fused-ring (bicyclic) bond motifs is 1. The zero-order chi connectivity index (χ0) is 21.4. The minimum Gasteiger partial charge on any atom is -0.497 e. The largest absolute Gasteiger partial charge is 0.497 e. The Balaban J connectivity index is 0.00000341. The number of ether oxygens (including phenoxy) is 1. The molecule has 0 unspecified atom stereocenters. The topological polar surface area (TPSA) is 83.0 Å². The first-order valence-corrected chi connectivity index (χ1v) is 11.9. The van der Waals surface area contributed by atoms with E-state index in [1.807, 2.05) is 55.5 Å². The molecule has 7 nitrogen and oxygen atoms in total. The Bertz CT molecular complexity index is 965. The molecule has 0 aliphatic carbocycles. The second-order valence-corrected chi connectivity index (χ2v) is 9.07. The molecule has 0 saturated carbocycles. The summed E-state index contributed by atoms with van der Waals surface area (Å²) >= 11 is 0. The Morgan fingerprint density at radius 1 is 1.13 bits per heavy atom. The molecule has 1 aliphatic rings. The molecule has 0 saturated heterocycles. The Kier molecular flexibility index (Phi) is 9.89. The number of guanidine groups is 1. The van der Waals surface area contributed by atoms with E-state index in [1.54, 1.807) is 7.11 Å². The summed E-state index contributed by atoms with van der Waals surface area (Å²) in [5.41, 5.74) is 3.07. The van der Waals surface area contributed by atoms with Crippen LogP contribution in [0.15, 0.2) is 53.5 Å². The summed E-state index contributed by atoms with van der Waals surface area (Å²) in [5, 5.41) is 6.44. The van der Waals surface area contributed by atoms with E-state index in [9.17, 15) is 8.42 Å². The number of hydrogen-bond acceptors (Lipinski definition) is 4. The van der Waals surface area contributed by atoms with Crippen LogP contribution >= 0.6 is 24.0 Å². The van der Waals surface area contributed by atoms with Crippen LogP contribution in [0.5, 0.6) is 5.75 Å². The smallest absolute Gasteiger partial charge is 0.237 e. The molecule has 9 heteroatoms. The normalized spacial score (nSPS) is 13.4. The van der Waals surface area contributed by atoms with Gasteiger partial charge in [0.05, 0.1) is 25.1 Å². The number of anilines is 1. The SMILES string of the molecule is CCNC(=NCCS(=O)(=O)N1CCc2ccccc21)NCCc1ccc(OC)cc1.I. The lowest BCUT2D eigenvalue weighted by atomic mass is 10.1. The van der Waals surface area contributed by atoms with E-state index < -0.39 is 10.0 Å². The molecule has 3 rings (SSSR count). The number of nitrogens with zero attached hydrogens (tertiary/aromatic N) is 2. The Morgan fingerprint density at radius 3 is 2.58 bits per heavy atom. The monoisotopic (exact) mass is 558 g/mol. The van der Waals surface area contributed by atoms with E-state index in [1.165, 1.54) is 9.87 Å². The number of nitrogens with one attached hydrogen (secondary N) is 2. The van der Waals surface area contributed by atoms with E-state index in [4.69, 9.17) is 4.74 Å². The number of halogens is 1. The van der Waals surface area contributed by atoms with Crippen molar-refractivity contribution in [2.75, 3.05) is 43.3 Å². The predicted molar refractivity (Wildman–Crippen MR) is 137 cm³/mol. The van der Waals surface area contributed by atoms with Crippen molar-refractivity contribution in [3.63, 3.8) is 0 Å². The van der Waals surface area contributed by atoms with E-state index in [-0.39, 0.29) is 36.3 Å². The number of hydrogen-bond donors (Lipinski definition) is 2. The second-order valence-electron chi connectivity index (χ2n) is 7.05. The number of aliphatic imine (C=N–C) groups is 1. The lowest BCUT2D eigenvalue weighted by Crippen LogP contribution is -2.39. The highest BCUT2D eigenvalue weighted by Crippen LogP contribution is 2.29. The third-order valence-corrected chi connectivity index (χ3v) is 6.76. The quantitative estimate of drug-likeness (QED) is 0.281. The van der Waals surface area contributed by atoms with Gasteiger partial charge in [-0.2, -0.15) is 0 Å². The van der Waals surface area contributed by atoms with Crippen LogP contribution in [0.25, 0.3) is 0 Å². The van der Waals surface area contributed by atoms with Crippen LogP contribution in [0.2, 0.25) is 0 Å². The van der Waals surface area contributed by atoms with Gasteiger partial charge in [0.2, 0.25) is 10.0 Å². The van der Waals surface area contributed by atoms with Gasteiger partial charge in [-0.3, -0.25) is 9.30 Å². The molecule has 31 heavy (non-hydrogen) atoms. The average molecular weight is 558 g/mol. The fourth-order valence-corrected chi connectivity index (χ4v) is 4.83. The Morgan fingerprint density at radius 2 is 1.87 bits per heavy atom. The van der Waals surface area contributed by atoms with Gasteiger partial charge in [0.1, 0.15) is 5.75 Å². The lowest BCUT2D eigenvalue weighted by Gasteiger charge is -2.19. The van der Waals surface area contributed by atoms with Crippen LogP contribution in [0.4, 0.5) is 5.69 Å². The molecule has 2 aromatic rings. The fraction of sp³-hybridized carbons (Fsp3) is 0.409. The molecule has 1 heterocycles. The first-order chi connectivity index (χ1) is 14.5. The minimum atomic E-state index is -3.40. The van der Waals surface area contributed by atoms with Crippen molar-refractivity contribution in [2.24, 2.45) is 4.99 Å². The summed E-state index contributed by atoms with van der Waals surface area (Å²) < 4.78 is 32.3. The van der Waals surface area contributed by atoms with Crippen molar-refractivity contribution >= 4 is 45.6 Å². The van der Waals surface area contributed by atoms with Gasteiger partial charge >= 0.3 is 0 Å². The molecular weight excluding hydrogens is 527 g/mol. The van der Waals surface area contributed by atoms with Crippen LogP contribution in [-0.2, 0) is 22.9 Å². The highest BCUT2D eigenvalue weighted by atomic mass is 127. The van der Waals surface area contributed by atoms with Crippen LogP contribution in [-0.4, -0.2) is 53.4 Å². The summed E-state index contributed by atoms with van der Waals surface area (Å²) in [5.74, 6) is 1.45. The van der Waals surface area contributed by atoms with Gasteiger partial charge in [-0.25, -0.2) is 8.42 Å². The van der Waals surface area contributed by atoms with Gasteiger partial charge in [0, 0.05) is 19.6 Å². The number of benzene rings is 2. The maximum Gasteiger partial charge on any atom is 0.237 e. The number of para-hydroxylation sites is 1. The molecule has 2 N–H and O–H groups in total. The van der Waals surface area contributed by atoms with Crippen LogP contribution in [0.3, 0.4) is 0 Å². The van der Waals surface area contributed by atoms with Gasteiger partial charge in [-0.1, -0.05) is 30.3 Å². The van der Waals surface area contributed by atoms with Crippen molar-refractivity contribution < 1.29 is 13.2 Å². The average Bonchev–Trinajstić information content (AvgIpc) is 3.19. The van der Waals surface area contributed by atoms with Gasteiger partial charge in [0.25, 0.3) is 0 Å². The highest BCUT2D eigenvalue weighted by Gasteiger charge is 2.28. The summed E-state index contributed by atoms with van der Waals surface area (Å²) in [4.78, 5) is 4.45. The number of rotatable bonds is 9. The number of sulfonamides is 1. The Hall–Kier alpha value is -2.01. The van der Waals surface area contributed by atoms with Crippen LogP contribution in [0.1, 0.15) is 18.1 Å². The van der Waals surface area contributed by atoms with E-state index >= 15 is 0 Å². The zero-order valence-corrected chi connectivity index (χ0v) is 21.2. The second kappa shape index (κ2) is 12.1. The van der Waals surface area contributed by atoms with Gasteiger partial charge in [-0.05, 0) is 49.1 Å². The maximum absolute atomic E-state index is 12.8.